The van der Waals surface area contributed by atoms with Gasteiger partial charge in [0.05, 0.1) is 12.4 Å². The van der Waals surface area contributed by atoms with Gasteiger partial charge in [-0.1, -0.05) is 15.9 Å². The molecule has 0 amide bonds. The molecule has 1 fully saturated rings. The average molecular weight is 376 g/mol. The van der Waals surface area contributed by atoms with Crippen molar-refractivity contribution in [3.63, 3.8) is 0 Å². The van der Waals surface area contributed by atoms with Crippen LogP contribution in [0.4, 0.5) is 5.69 Å². The predicted molar refractivity (Wildman–Crippen MR) is 85.0 cm³/mol. The highest BCUT2D eigenvalue weighted by Gasteiger charge is 2.54. The Morgan fingerprint density at radius 1 is 1.38 bits per heavy atom. The van der Waals surface area contributed by atoms with Crippen LogP contribution in [0.15, 0.2) is 28.7 Å². The van der Waals surface area contributed by atoms with Crippen molar-refractivity contribution in [1.82, 2.24) is 0 Å². The van der Waals surface area contributed by atoms with Gasteiger partial charge in [-0.2, -0.15) is 0 Å². The van der Waals surface area contributed by atoms with Gasteiger partial charge in [0, 0.05) is 16.4 Å². The van der Waals surface area contributed by atoms with E-state index in [1.807, 2.05) is 12.1 Å². The number of hydrogen-bond acceptors (Lipinski definition) is 5. The van der Waals surface area contributed by atoms with Crippen LogP contribution >= 0.6 is 15.9 Å². The van der Waals surface area contributed by atoms with Gasteiger partial charge in [-0.15, -0.1) is 0 Å². The summed E-state index contributed by atoms with van der Waals surface area (Å²) >= 11 is 3.34. The number of esters is 1. The first-order valence-electron chi connectivity index (χ1n) is 6.60. The Morgan fingerprint density at radius 3 is 2.52 bits per heavy atom. The maximum absolute atomic E-state index is 12.3. The molecule has 0 saturated heterocycles. The van der Waals surface area contributed by atoms with E-state index in [4.69, 9.17) is 4.74 Å². The summed E-state index contributed by atoms with van der Waals surface area (Å²) in [5.74, 6) is -0.529. The topological polar surface area (TPSA) is 72.5 Å². The van der Waals surface area contributed by atoms with Gasteiger partial charge in [-0.3, -0.25) is 0 Å². The number of sulfone groups is 1. The van der Waals surface area contributed by atoms with E-state index in [1.54, 1.807) is 12.1 Å². The molecule has 0 aliphatic heterocycles. The van der Waals surface area contributed by atoms with Gasteiger partial charge in [0.1, 0.15) is 0 Å². The fraction of sp³-hybridized carbons (Fsp3) is 0.500. The quantitative estimate of drug-likeness (QED) is 0.817. The molecule has 1 aromatic carbocycles. The SMILES string of the molecule is COC(=O)C1(Nc2ccc(Br)cc2)CCCC1S(C)(=O)=O. The van der Waals surface area contributed by atoms with Crippen molar-refractivity contribution in [3.05, 3.63) is 28.7 Å². The molecule has 1 aromatic rings. The maximum Gasteiger partial charge on any atom is 0.332 e. The Morgan fingerprint density at radius 2 is 2.00 bits per heavy atom. The lowest BCUT2D eigenvalue weighted by atomic mass is 9.96. The fourth-order valence-electron chi connectivity index (χ4n) is 2.95. The largest absolute Gasteiger partial charge is 0.467 e. The second kappa shape index (κ2) is 5.96. The van der Waals surface area contributed by atoms with E-state index in [2.05, 4.69) is 21.2 Å². The molecule has 1 N–H and O–H groups in total. The number of halogens is 1. The molecule has 2 unspecified atom stereocenters. The smallest absolute Gasteiger partial charge is 0.332 e. The van der Waals surface area contributed by atoms with Gasteiger partial charge in [0.2, 0.25) is 0 Å². The third-order valence-corrected chi connectivity index (χ3v) is 6.07. The lowest BCUT2D eigenvalue weighted by molar-refractivity contribution is -0.145. The van der Waals surface area contributed by atoms with Gasteiger partial charge in [-0.25, -0.2) is 13.2 Å². The molecule has 7 heteroatoms. The molecule has 21 heavy (non-hydrogen) atoms. The molecule has 1 aliphatic carbocycles. The molecule has 0 aromatic heterocycles. The molecular formula is C14H18BrNO4S. The van der Waals surface area contributed by atoms with Crippen molar-refractivity contribution in [2.24, 2.45) is 0 Å². The Labute approximate surface area is 133 Å². The van der Waals surface area contributed by atoms with E-state index >= 15 is 0 Å². The van der Waals surface area contributed by atoms with Crippen LogP contribution in [-0.4, -0.2) is 38.5 Å². The molecule has 2 rings (SSSR count). The number of methoxy groups -OCH3 is 1. The minimum atomic E-state index is -3.37. The number of hydrogen-bond donors (Lipinski definition) is 1. The zero-order valence-electron chi connectivity index (χ0n) is 11.9. The van der Waals surface area contributed by atoms with E-state index in [0.29, 0.717) is 24.9 Å². The molecule has 1 aliphatic rings. The Balaban J connectivity index is 2.42. The second-order valence-corrected chi connectivity index (χ2v) is 8.45. The van der Waals surface area contributed by atoms with E-state index in [0.717, 1.165) is 4.47 Å². The van der Waals surface area contributed by atoms with Crippen molar-refractivity contribution in [2.45, 2.75) is 30.1 Å². The van der Waals surface area contributed by atoms with Gasteiger partial charge in [0.25, 0.3) is 0 Å². The van der Waals surface area contributed by atoms with Crippen molar-refractivity contribution < 1.29 is 17.9 Å². The summed E-state index contributed by atoms with van der Waals surface area (Å²) in [7, 11) is -2.08. The fourth-order valence-corrected chi connectivity index (χ4v) is 4.82. The van der Waals surface area contributed by atoms with Crippen LogP contribution in [0.5, 0.6) is 0 Å². The molecule has 0 spiro atoms. The predicted octanol–water partition coefficient (Wildman–Crippen LogP) is 2.37. The molecule has 2 atom stereocenters. The summed E-state index contributed by atoms with van der Waals surface area (Å²) < 4.78 is 29.9. The van der Waals surface area contributed by atoms with Crippen LogP contribution in [0.25, 0.3) is 0 Å². The van der Waals surface area contributed by atoms with Crippen LogP contribution in [0.1, 0.15) is 19.3 Å². The third-order valence-electron chi connectivity index (χ3n) is 3.87. The average Bonchev–Trinajstić information content (AvgIpc) is 2.85. The summed E-state index contributed by atoms with van der Waals surface area (Å²) in [4.78, 5) is 12.3. The van der Waals surface area contributed by atoms with Crippen molar-refractivity contribution >= 4 is 37.4 Å². The standard InChI is InChI=1S/C14H18BrNO4S/c1-20-13(17)14(9-3-4-12(14)21(2,18)19)16-11-7-5-10(15)6-8-11/h5-8,12,16H,3-4,9H2,1-2H3. The monoisotopic (exact) mass is 375 g/mol. The van der Waals surface area contributed by atoms with Crippen LogP contribution in [-0.2, 0) is 19.4 Å². The number of benzene rings is 1. The summed E-state index contributed by atoms with van der Waals surface area (Å²) in [6.07, 6.45) is 2.73. The van der Waals surface area contributed by atoms with E-state index in [1.165, 1.54) is 13.4 Å². The molecule has 0 heterocycles. The molecule has 5 nitrogen and oxygen atoms in total. The van der Waals surface area contributed by atoms with Crippen molar-refractivity contribution in [2.75, 3.05) is 18.7 Å². The van der Waals surface area contributed by atoms with E-state index in [-0.39, 0.29) is 0 Å². The van der Waals surface area contributed by atoms with Crippen LogP contribution in [0, 0.1) is 0 Å². The van der Waals surface area contributed by atoms with E-state index < -0.39 is 26.6 Å². The molecule has 0 radical (unpaired) electrons. The maximum atomic E-state index is 12.3. The zero-order chi connectivity index (χ0) is 15.7. The number of nitrogens with one attached hydrogen (secondary N) is 1. The highest BCUT2D eigenvalue weighted by Crippen LogP contribution is 2.38. The highest BCUT2D eigenvalue weighted by molar-refractivity contribution is 9.10. The summed E-state index contributed by atoms with van der Waals surface area (Å²) in [6, 6.07) is 7.26. The van der Waals surface area contributed by atoms with Gasteiger partial charge in [0.15, 0.2) is 15.4 Å². The minimum Gasteiger partial charge on any atom is -0.467 e. The van der Waals surface area contributed by atoms with Crippen LogP contribution < -0.4 is 5.32 Å². The third kappa shape index (κ3) is 3.23. The van der Waals surface area contributed by atoms with Gasteiger partial charge in [-0.05, 0) is 43.5 Å². The number of rotatable bonds is 4. The van der Waals surface area contributed by atoms with E-state index in [9.17, 15) is 13.2 Å². The lowest BCUT2D eigenvalue weighted by Crippen LogP contribution is -2.55. The molecule has 0 bridgehead atoms. The Kier molecular flexibility index (Phi) is 4.63. The zero-order valence-corrected chi connectivity index (χ0v) is 14.3. The van der Waals surface area contributed by atoms with Crippen molar-refractivity contribution in [3.8, 4) is 0 Å². The number of carbonyl (C=O) groups excluding carboxylic acids is 1. The summed E-state index contributed by atoms with van der Waals surface area (Å²) in [6.45, 7) is 0. The van der Waals surface area contributed by atoms with Gasteiger partial charge >= 0.3 is 5.97 Å². The first-order valence-corrected chi connectivity index (χ1v) is 9.35. The second-order valence-electron chi connectivity index (χ2n) is 5.31. The normalized spacial score (nSPS) is 25.6. The van der Waals surface area contributed by atoms with Crippen molar-refractivity contribution in [1.29, 1.82) is 0 Å². The number of ether oxygens (including phenoxy) is 1. The molecule has 116 valence electrons. The highest BCUT2D eigenvalue weighted by atomic mass is 79.9. The molecule has 1 saturated carbocycles. The number of anilines is 1. The number of carbonyl (C=O) groups is 1. The van der Waals surface area contributed by atoms with Gasteiger partial charge < -0.3 is 10.1 Å². The Hall–Kier alpha value is -1.08. The lowest BCUT2D eigenvalue weighted by Gasteiger charge is -2.33. The Bertz CT molecular complexity index is 629. The summed E-state index contributed by atoms with van der Waals surface area (Å²) in [5, 5.41) is 2.34. The van der Waals surface area contributed by atoms with Crippen LogP contribution in [0.3, 0.4) is 0 Å². The molecular weight excluding hydrogens is 358 g/mol. The first kappa shape index (κ1) is 16.3. The van der Waals surface area contributed by atoms with Crippen LogP contribution in [0.2, 0.25) is 0 Å². The first-order chi connectivity index (χ1) is 9.79. The minimum absolute atomic E-state index is 0.438. The summed E-state index contributed by atoms with van der Waals surface area (Å²) in [5.41, 5.74) is -0.518.